The van der Waals surface area contributed by atoms with Gasteiger partial charge in [0.15, 0.2) is 0 Å². The summed E-state index contributed by atoms with van der Waals surface area (Å²) < 4.78 is 5.83. The van der Waals surface area contributed by atoms with E-state index in [2.05, 4.69) is 16.2 Å². The molecule has 4 amide bonds. The molecule has 1 fully saturated rings. The lowest BCUT2D eigenvalue weighted by molar-refractivity contribution is -0.136. The summed E-state index contributed by atoms with van der Waals surface area (Å²) in [5, 5.41) is 2.19. The zero-order valence-corrected chi connectivity index (χ0v) is 21.3. The molecule has 0 spiro atoms. The number of rotatable bonds is 7. The minimum absolute atomic E-state index is 0.0775. The molecule has 1 saturated heterocycles. The number of ether oxygens (including phenoxy) is 1. The van der Waals surface area contributed by atoms with Gasteiger partial charge in [-0.05, 0) is 49.4 Å². The molecule has 36 heavy (non-hydrogen) atoms. The Labute approximate surface area is 212 Å². The second kappa shape index (κ2) is 13.8. The molecule has 1 atom stereocenters. The Balaban J connectivity index is 0.00000109. The zero-order valence-electron chi connectivity index (χ0n) is 21.3. The van der Waals surface area contributed by atoms with Crippen molar-refractivity contribution in [2.24, 2.45) is 0 Å². The number of benzene rings is 1. The van der Waals surface area contributed by atoms with Gasteiger partial charge in [0.1, 0.15) is 17.5 Å². The van der Waals surface area contributed by atoms with Crippen molar-refractivity contribution in [2.45, 2.75) is 65.8 Å². The summed E-state index contributed by atoms with van der Waals surface area (Å²) in [7, 11) is 0. The van der Waals surface area contributed by atoms with Gasteiger partial charge in [0.25, 0.3) is 11.8 Å². The van der Waals surface area contributed by atoms with E-state index in [1.807, 2.05) is 33.8 Å². The van der Waals surface area contributed by atoms with Crippen molar-refractivity contribution in [1.82, 2.24) is 15.2 Å². The fourth-order valence-electron chi connectivity index (χ4n) is 3.88. The van der Waals surface area contributed by atoms with Gasteiger partial charge in [-0.15, -0.1) is 6.42 Å². The number of fused-ring (bicyclic) bond motifs is 1. The molecule has 3 heterocycles. The van der Waals surface area contributed by atoms with Crippen LogP contribution in [-0.4, -0.2) is 46.2 Å². The van der Waals surface area contributed by atoms with Crippen molar-refractivity contribution in [1.29, 1.82) is 0 Å². The summed E-state index contributed by atoms with van der Waals surface area (Å²) in [6.07, 6.45) is 9.65. The van der Waals surface area contributed by atoms with Gasteiger partial charge < -0.3 is 4.74 Å². The number of carbonyl (C=O) groups excluding carboxylic acids is 4. The summed E-state index contributed by atoms with van der Waals surface area (Å²) in [6.45, 7) is 8.37. The Morgan fingerprint density at radius 2 is 1.81 bits per heavy atom. The molecule has 2 aliphatic rings. The number of hydrogen-bond donors (Lipinski definition) is 1. The molecule has 1 N–H and O–H groups in total. The summed E-state index contributed by atoms with van der Waals surface area (Å²) in [4.78, 5) is 54.6. The van der Waals surface area contributed by atoms with E-state index >= 15 is 0 Å². The summed E-state index contributed by atoms with van der Waals surface area (Å²) in [5.74, 6) is 0.630. The van der Waals surface area contributed by atoms with Crippen LogP contribution in [0, 0.1) is 12.3 Å². The van der Waals surface area contributed by atoms with E-state index in [4.69, 9.17) is 11.2 Å². The van der Waals surface area contributed by atoms with E-state index in [0.717, 1.165) is 29.7 Å². The van der Waals surface area contributed by atoms with Crippen LogP contribution in [-0.2, 0) is 16.0 Å². The number of carbonyl (C=O) groups is 4. The maximum absolute atomic E-state index is 13.0. The third-order valence-corrected chi connectivity index (χ3v) is 5.52. The fraction of sp³-hybridized carbons (Fsp3) is 0.393. The number of piperidine rings is 1. The Morgan fingerprint density at radius 1 is 1.06 bits per heavy atom. The third-order valence-electron chi connectivity index (χ3n) is 5.52. The van der Waals surface area contributed by atoms with Gasteiger partial charge >= 0.3 is 0 Å². The Kier molecular flexibility index (Phi) is 10.8. The highest BCUT2D eigenvalue weighted by molar-refractivity contribution is 6.24. The molecule has 0 bridgehead atoms. The smallest absolute Gasteiger partial charge is 0.266 e. The first-order valence-corrected chi connectivity index (χ1v) is 12.4. The number of aryl methyl sites for hydroxylation is 1. The quantitative estimate of drug-likeness (QED) is 0.358. The molecule has 0 saturated carbocycles. The van der Waals surface area contributed by atoms with E-state index in [0.29, 0.717) is 18.1 Å². The number of terminal acetylenes is 1. The highest BCUT2D eigenvalue weighted by Crippen LogP contribution is 2.33. The van der Waals surface area contributed by atoms with Crippen LogP contribution in [0.1, 0.15) is 85.4 Å². The molecule has 190 valence electrons. The Morgan fingerprint density at radius 3 is 2.44 bits per heavy atom. The van der Waals surface area contributed by atoms with Crippen molar-refractivity contribution in [3.63, 3.8) is 0 Å². The van der Waals surface area contributed by atoms with Crippen molar-refractivity contribution < 1.29 is 23.9 Å². The van der Waals surface area contributed by atoms with Crippen molar-refractivity contribution in [2.75, 3.05) is 6.61 Å². The second-order valence-electron chi connectivity index (χ2n) is 7.63. The standard InChI is InChI=1S/C24H21N3O5.2C2H6/c1-2-16-10-9-15(14-25-16)6-3-4-13-32-19-8-5-7-17-21(19)24(31)27(23(17)30)18-11-12-20(28)26-22(18)29;2*1-2/h1,5,7-10,14,18H,3-4,6,11-13H2,(H,26,28,29);2*1-2H3. The van der Waals surface area contributed by atoms with E-state index in [-0.39, 0.29) is 24.0 Å². The van der Waals surface area contributed by atoms with Gasteiger partial charge in [-0.1, -0.05) is 45.7 Å². The third kappa shape index (κ3) is 6.36. The average molecular weight is 492 g/mol. The van der Waals surface area contributed by atoms with E-state index in [1.165, 1.54) is 0 Å². The monoisotopic (exact) mass is 491 g/mol. The van der Waals surface area contributed by atoms with Crippen LogP contribution < -0.4 is 10.1 Å². The molecular weight excluding hydrogens is 458 g/mol. The largest absolute Gasteiger partial charge is 0.493 e. The minimum Gasteiger partial charge on any atom is -0.493 e. The highest BCUT2D eigenvalue weighted by Gasteiger charge is 2.45. The fourth-order valence-corrected chi connectivity index (χ4v) is 3.88. The van der Waals surface area contributed by atoms with Crippen LogP contribution in [0.15, 0.2) is 36.5 Å². The van der Waals surface area contributed by atoms with Crippen molar-refractivity contribution in [3.8, 4) is 18.1 Å². The van der Waals surface area contributed by atoms with Gasteiger partial charge in [-0.3, -0.25) is 29.4 Å². The van der Waals surface area contributed by atoms with Crippen LogP contribution in [0.3, 0.4) is 0 Å². The second-order valence-corrected chi connectivity index (χ2v) is 7.63. The lowest BCUT2D eigenvalue weighted by Crippen LogP contribution is -2.54. The predicted octanol–water partition coefficient (Wildman–Crippen LogP) is 3.92. The van der Waals surface area contributed by atoms with Gasteiger partial charge in [-0.2, -0.15) is 0 Å². The molecule has 1 unspecified atom stereocenters. The van der Waals surface area contributed by atoms with Gasteiger partial charge in [0.05, 0.1) is 17.7 Å². The van der Waals surface area contributed by atoms with Crippen LogP contribution in [0.4, 0.5) is 0 Å². The highest BCUT2D eigenvalue weighted by atomic mass is 16.5. The molecule has 2 aromatic rings. The molecule has 1 aromatic carbocycles. The number of nitrogens with zero attached hydrogens (tertiary/aromatic N) is 2. The van der Waals surface area contributed by atoms with E-state index in [9.17, 15) is 19.2 Å². The zero-order chi connectivity index (χ0) is 26.7. The van der Waals surface area contributed by atoms with Crippen LogP contribution in [0.25, 0.3) is 0 Å². The molecule has 0 aliphatic carbocycles. The van der Waals surface area contributed by atoms with Gasteiger partial charge in [-0.25, -0.2) is 4.98 Å². The molecule has 8 nitrogen and oxygen atoms in total. The minimum atomic E-state index is -0.998. The predicted molar refractivity (Wildman–Crippen MR) is 136 cm³/mol. The number of unbranched alkanes of at least 4 members (excludes halogenated alkanes) is 1. The molecule has 4 rings (SSSR count). The number of aromatic nitrogens is 1. The van der Waals surface area contributed by atoms with Crippen LogP contribution in [0.2, 0.25) is 0 Å². The number of amides is 4. The van der Waals surface area contributed by atoms with Crippen molar-refractivity contribution >= 4 is 23.6 Å². The van der Waals surface area contributed by atoms with E-state index in [1.54, 1.807) is 30.5 Å². The number of pyridine rings is 1. The summed E-state index contributed by atoms with van der Waals surface area (Å²) in [6, 6.07) is 7.58. The Bertz CT molecular complexity index is 1130. The topological polar surface area (TPSA) is 106 Å². The molecule has 8 heteroatoms. The first-order valence-electron chi connectivity index (χ1n) is 12.4. The SMILES string of the molecule is C#Cc1ccc(CCCCOc2cccc3c2C(=O)N(C2CCC(=O)NC2=O)C3=O)cn1.CC.CC. The average Bonchev–Trinajstić information content (AvgIpc) is 3.17. The first-order chi connectivity index (χ1) is 17.5. The molecule has 1 aromatic heterocycles. The Hall–Kier alpha value is -3.99. The number of imide groups is 2. The van der Waals surface area contributed by atoms with E-state index < -0.39 is 29.7 Å². The first kappa shape index (κ1) is 28.2. The number of hydrogen-bond acceptors (Lipinski definition) is 6. The van der Waals surface area contributed by atoms with Gasteiger partial charge in [0, 0.05) is 12.6 Å². The summed E-state index contributed by atoms with van der Waals surface area (Å²) in [5.41, 5.74) is 2.04. The maximum Gasteiger partial charge on any atom is 0.266 e. The van der Waals surface area contributed by atoms with Crippen molar-refractivity contribution in [3.05, 3.63) is 58.9 Å². The number of nitrogens with one attached hydrogen (secondary N) is 1. The lowest BCUT2D eigenvalue weighted by atomic mass is 10.0. The van der Waals surface area contributed by atoms with Crippen LogP contribution >= 0.6 is 0 Å². The van der Waals surface area contributed by atoms with Gasteiger partial charge in [0.2, 0.25) is 11.8 Å². The normalized spacial score (nSPS) is 16.1. The molecular formula is C28H33N3O5. The lowest BCUT2D eigenvalue weighted by Gasteiger charge is -2.27. The maximum atomic E-state index is 13.0. The summed E-state index contributed by atoms with van der Waals surface area (Å²) >= 11 is 0. The molecule has 2 aliphatic heterocycles. The molecule has 0 radical (unpaired) electrons. The van der Waals surface area contributed by atoms with Crippen LogP contribution in [0.5, 0.6) is 5.75 Å².